The van der Waals surface area contributed by atoms with Crippen LogP contribution in [0.4, 0.5) is 26.3 Å². The third-order valence-corrected chi connectivity index (χ3v) is 8.32. The lowest BCUT2D eigenvalue weighted by Crippen LogP contribution is -2.44. The van der Waals surface area contributed by atoms with Gasteiger partial charge in [0.2, 0.25) is 5.91 Å². The fourth-order valence-electron chi connectivity index (χ4n) is 5.73. The van der Waals surface area contributed by atoms with Gasteiger partial charge in [0.05, 0.1) is 16.5 Å². The van der Waals surface area contributed by atoms with E-state index in [4.69, 9.17) is 0 Å². The summed E-state index contributed by atoms with van der Waals surface area (Å²) in [4.78, 5) is 13.4. The number of aryl methyl sites for hydroxylation is 1. The number of carbonyl (C=O) groups excluding carboxylic acids is 1. The van der Waals surface area contributed by atoms with Crippen LogP contribution in [0.3, 0.4) is 0 Å². The maximum Gasteiger partial charge on any atom is 0.416 e. The second kappa shape index (κ2) is 10.2. The molecule has 3 nitrogen and oxygen atoms in total. The number of hydrogen-bond acceptors (Lipinski definition) is 2. The van der Waals surface area contributed by atoms with Gasteiger partial charge in [-0.05, 0) is 85.0 Å². The topological polar surface area (TPSA) is 41.1 Å². The summed E-state index contributed by atoms with van der Waals surface area (Å²) in [7, 11) is 0. The summed E-state index contributed by atoms with van der Waals surface area (Å²) < 4.78 is 80.3. The van der Waals surface area contributed by atoms with Gasteiger partial charge in [0.25, 0.3) is 0 Å². The average Bonchev–Trinajstić information content (AvgIpc) is 3.41. The Balaban J connectivity index is 1.46. The van der Waals surface area contributed by atoms with E-state index in [-0.39, 0.29) is 35.5 Å². The molecule has 3 atom stereocenters. The van der Waals surface area contributed by atoms with E-state index in [1.807, 2.05) is 19.9 Å². The lowest BCUT2D eigenvalue weighted by atomic mass is 9.74. The number of fused-ring (bicyclic) bond motifs is 1. The highest BCUT2D eigenvalue weighted by Gasteiger charge is 2.48. The Morgan fingerprint density at radius 1 is 1.03 bits per heavy atom. The van der Waals surface area contributed by atoms with Crippen molar-refractivity contribution in [1.82, 2.24) is 10.6 Å². The molecule has 0 bridgehead atoms. The third kappa shape index (κ3) is 6.00. The smallest absolute Gasteiger partial charge is 0.352 e. The van der Waals surface area contributed by atoms with Crippen LogP contribution in [0, 0.1) is 11.3 Å². The molecule has 2 aromatic carbocycles. The molecule has 0 radical (unpaired) electrons. The maximum atomic E-state index is 13.4. The quantitative estimate of drug-likeness (QED) is 0.341. The summed E-state index contributed by atoms with van der Waals surface area (Å²) >= 11 is 3.50. The molecule has 2 N–H and O–H groups in total. The minimum absolute atomic E-state index is 0.0571. The molecule has 0 heterocycles. The van der Waals surface area contributed by atoms with Crippen molar-refractivity contribution in [1.29, 1.82) is 0 Å². The summed E-state index contributed by atoms with van der Waals surface area (Å²) in [5.74, 6) is -0.396. The SMILES string of the molecule is CC(C)[C@]1(C(=O)NCc2cc(C(F)(F)F)cc(C(F)(F)F)c2)CC[C@@H](N[C@@H]2CCc3cc(Br)ccc32)C1. The van der Waals surface area contributed by atoms with Gasteiger partial charge in [-0.1, -0.05) is 35.8 Å². The molecule has 0 spiro atoms. The highest BCUT2D eigenvalue weighted by Crippen LogP contribution is 2.46. The van der Waals surface area contributed by atoms with Gasteiger partial charge >= 0.3 is 12.4 Å². The van der Waals surface area contributed by atoms with Gasteiger partial charge in [-0.3, -0.25) is 4.79 Å². The Labute approximate surface area is 220 Å². The van der Waals surface area contributed by atoms with Crippen LogP contribution in [0.15, 0.2) is 40.9 Å². The zero-order chi connectivity index (χ0) is 27.2. The molecular weight excluding hydrogens is 562 g/mol. The van der Waals surface area contributed by atoms with Crippen LogP contribution in [0.25, 0.3) is 0 Å². The predicted octanol–water partition coefficient (Wildman–Crippen LogP) is 7.57. The van der Waals surface area contributed by atoms with E-state index in [0.717, 1.165) is 23.7 Å². The minimum atomic E-state index is -4.93. The highest BCUT2D eigenvalue weighted by molar-refractivity contribution is 9.10. The molecule has 1 amide bonds. The lowest BCUT2D eigenvalue weighted by molar-refractivity contribution is -0.143. The molecule has 10 heteroatoms. The Kier molecular flexibility index (Phi) is 7.74. The van der Waals surface area contributed by atoms with Crippen molar-refractivity contribution in [3.63, 3.8) is 0 Å². The Bertz CT molecular complexity index is 1130. The molecular formula is C27H29BrF6N2O. The minimum Gasteiger partial charge on any atom is -0.352 e. The van der Waals surface area contributed by atoms with Crippen molar-refractivity contribution >= 4 is 21.8 Å². The van der Waals surface area contributed by atoms with E-state index in [9.17, 15) is 31.1 Å². The third-order valence-electron chi connectivity index (χ3n) is 7.83. The van der Waals surface area contributed by atoms with Gasteiger partial charge < -0.3 is 10.6 Å². The molecule has 0 unspecified atom stereocenters. The maximum absolute atomic E-state index is 13.4. The zero-order valence-corrected chi connectivity index (χ0v) is 22.1. The van der Waals surface area contributed by atoms with Crippen molar-refractivity contribution in [2.24, 2.45) is 11.3 Å². The van der Waals surface area contributed by atoms with Gasteiger partial charge in [0, 0.05) is 23.1 Å². The van der Waals surface area contributed by atoms with Crippen LogP contribution in [-0.4, -0.2) is 11.9 Å². The monoisotopic (exact) mass is 590 g/mol. The number of halogens is 7. The van der Waals surface area contributed by atoms with E-state index in [1.54, 1.807) is 0 Å². The van der Waals surface area contributed by atoms with E-state index in [1.165, 1.54) is 11.1 Å². The first kappa shape index (κ1) is 28.0. The predicted molar refractivity (Wildman–Crippen MR) is 132 cm³/mol. The number of amides is 1. The second-order valence-corrected chi connectivity index (χ2v) is 11.4. The molecule has 0 aliphatic heterocycles. The molecule has 37 heavy (non-hydrogen) atoms. The van der Waals surface area contributed by atoms with Gasteiger partial charge in [-0.15, -0.1) is 0 Å². The average molecular weight is 591 g/mol. The fraction of sp³-hybridized carbons (Fsp3) is 0.519. The van der Waals surface area contributed by atoms with Crippen LogP contribution in [0.1, 0.15) is 73.4 Å². The first-order valence-electron chi connectivity index (χ1n) is 12.3. The van der Waals surface area contributed by atoms with Crippen molar-refractivity contribution < 1.29 is 31.1 Å². The summed E-state index contributed by atoms with van der Waals surface area (Å²) in [6.07, 6.45) is -6.04. The standard InChI is InChI=1S/C27H29BrF6N2O/c1-15(2)25(8-7-21(13-25)36-23-6-3-17-11-20(28)4-5-22(17)23)24(37)35-14-16-9-18(26(29,30)31)12-19(10-16)27(32,33)34/h4-5,9-12,15,21,23,36H,3,6-8,13-14H2,1-2H3,(H,35,37)/t21-,23-,25+/m1/s1. The van der Waals surface area contributed by atoms with Gasteiger partial charge in [0.1, 0.15) is 0 Å². The molecule has 0 aromatic heterocycles. The Hall–Kier alpha value is -2.07. The van der Waals surface area contributed by atoms with E-state index in [0.29, 0.717) is 25.0 Å². The van der Waals surface area contributed by atoms with Gasteiger partial charge in [-0.25, -0.2) is 0 Å². The number of carbonyl (C=O) groups is 1. The van der Waals surface area contributed by atoms with Crippen LogP contribution in [-0.2, 0) is 30.1 Å². The van der Waals surface area contributed by atoms with Gasteiger partial charge in [-0.2, -0.15) is 26.3 Å². The number of rotatable bonds is 6. The largest absolute Gasteiger partial charge is 0.416 e. The second-order valence-electron chi connectivity index (χ2n) is 10.4. The number of alkyl halides is 6. The molecule has 1 saturated carbocycles. The van der Waals surface area contributed by atoms with Crippen molar-refractivity contribution in [2.75, 3.05) is 0 Å². The number of hydrogen-bond donors (Lipinski definition) is 2. The van der Waals surface area contributed by atoms with E-state index < -0.39 is 35.4 Å². The molecule has 0 saturated heterocycles. The molecule has 2 aliphatic rings. The Morgan fingerprint density at radius 3 is 2.27 bits per heavy atom. The van der Waals surface area contributed by atoms with Crippen molar-refractivity contribution in [3.8, 4) is 0 Å². The first-order chi connectivity index (χ1) is 17.2. The molecule has 4 rings (SSSR count). The van der Waals surface area contributed by atoms with Crippen LogP contribution >= 0.6 is 15.9 Å². The molecule has 202 valence electrons. The number of benzene rings is 2. The van der Waals surface area contributed by atoms with E-state index in [2.05, 4.69) is 38.7 Å². The van der Waals surface area contributed by atoms with Crippen molar-refractivity contribution in [3.05, 3.63) is 68.7 Å². The Morgan fingerprint density at radius 2 is 1.68 bits per heavy atom. The van der Waals surface area contributed by atoms with Gasteiger partial charge in [0.15, 0.2) is 0 Å². The molecule has 2 aromatic rings. The lowest BCUT2D eigenvalue weighted by Gasteiger charge is -2.33. The molecule has 1 fully saturated rings. The van der Waals surface area contributed by atoms with Crippen LogP contribution in [0.5, 0.6) is 0 Å². The summed E-state index contributed by atoms with van der Waals surface area (Å²) in [6, 6.07) is 7.91. The summed E-state index contributed by atoms with van der Waals surface area (Å²) in [5, 5.41) is 6.34. The summed E-state index contributed by atoms with van der Waals surface area (Å²) in [6.45, 7) is 3.44. The van der Waals surface area contributed by atoms with Crippen molar-refractivity contribution in [2.45, 2.75) is 76.9 Å². The highest BCUT2D eigenvalue weighted by atomic mass is 79.9. The fourth-order valence-corrected chi connectivity index (χ4v) is 6.14. The summed E-state index contributed by atoms with van der Waals surface area (Å²) in [5.41, 5.74) is -1.24. The zero-order valence-electron chi connectivity index (χ0n) is 20.5. The number of nitrogens with one attached hydrogen (secondary N) is 2. The van der Waals surface area contributed by atoms with Crippen LogP contribution < -0.4 is 10.6 Å². The first-order valence-corrected chi connectivity index (χ1v) is 13.1. The normalized spacial score (nSPS) is 23.9. The van der Waals surface area contributed by atoms with E-state index >= 15 is 0 Å². The molecule has 2 aliphatic carbocycles. The van der Waals surface area contributed by atoms with Crippen LogP contribution in [0.2, 0.25) is 0 Å².